The van der Waals surface area contributed by atoms with Crippen molar-refractivity contribution in [2.45, 2.75) is 37.3 Å². The standard InChI is InChI=1S/C13H14O4/c1-2-4-8(5-3-1)6-14-10-9-7-15-13(16-9)12-11(10)17-12/h1-5,9-13H,6-7H2/t9-,10+,11-,12-,13-/m1/s1. The molecule has 0 saturated carbocycles. The molecule has 90 valence electrons. The second kappa shape index (κ2) is 3.78. The zero-order chi connectivity index (χ0) is 11.2. The van der Waals surface area contributed by atoms with Crippen molar-refractivity contribution in [3.8, 4) is 0 Å². The van der Waals surface area contributed by atoms with Crippen molar-refractivity contribution in [2.24, 2.45) is 0 Å². The fourth-order valence-electron chi connectivity index (χ4n) is 2.58. The highest BCUT2D eigenvalue weighted by Gasteiger charge is 2.62. The maximum atomic E-state index is 5.92. The third kappa shape index (κ3) is 1.68. The highest BCUT2D eigenvalue weighted by Crippen LogP contribution is 2.43. The molecule has 2 bridgehead atoms. The lowest BCUT2D eigenvalue weighted by Gasteiger charge is -2.24. The third-order valence-electron chi connectivity index (χ3n) is 3.54. The third-order valence-corrected chi connectivity index (χ3v) is 3.54. The van der Waals surface area contributed by atoms with Crippen LogP contribution in [0.25, 0.3) is 0 Å². The quantitative estimate of drug-likeness (QED) is 0.734. The van der Waals surface area contributed by atoms with Crippen LogP contribution in [0, 0.1) is 0 Å². The summed E-state index contributed by atoms with van der Waals surface area (Å²) in [5.74, 6) is 0. The van der Waals surface area contributed by atoms with E-state index >= 15 is 0 Å². The van der Waals surface area contributed by atoms with Gasteiger partial charge in [-0.2, -0.15) is 0 Å². The van der Waals surface area contributed by atoms with E-state index in [4.69, 9.17) is 18.9 Å². The van der Waals surface area contributed by atoms with E-state index in [1.54, 1.807) is 0 Å². The number of epoxide rings is 1. The normalized spacial score (nSPS) is 42.2. The molecule has 0 N–H and O–H groups in total. The molecular weight excluding hydrogens is 220 g/mol. The Hall–Kier alpha value is -0.940. The van der Waals surface area contributed by atoms with Gasteiger partial charge >= 0.3 is 0 Å². The second-order valence-electron chi connectivity index (χ2n) is 4.70. The molecule has 4 rings (SSSR count). The van der Waals surface area contributed by atoms with Gasteiger partial charge in [-0.25, -0.2) is 0 Å². The highest BCUT2D eigenvalue weighted by molar-refractivity contribution is 5.14. The molecule has 0 radical (unpaired) electrons. The molecule has 0 spiro atoms. The molecule has 1 aromatic rings. The van der Waals surface area contributed by atoms with Gasteiger partial charge in [0.05, 0.1) is 13.2 Å². The number of rotatable bonds is 3. The van der Waals surface area contributed by atoms with E-state index in [2.05, 4.69) is 12.1 Å². The number of hydrogen-bond acceptors (Lipinski definition) is 4. The van der Waals surface area contributed by atoms with Crippen LogP contribution >= 0.6 is 0 Å². The Labute approximate surface area is 99.4 Å². The fourth-order valence-corrected chi connectivity index (χ4v) is 2.58. The van der Waals surface area contributed by atoms with Crippen LogP contribution in [-0.4, -0.2) is 37.3 Å². The minimum Gasteiger partial charge on any atom is -0.368 e. The van der Waals surface area contributed by atoms with Crippen molar-refractivity contribution in [3.63, 3.8) is 0 Å². The molecule has 0 amide bonds. The molecule has 17 heavy (non-hydrogen) atoms. The average molecular weight is 234 g/mol. The minimum absolute atomic E-state index is 0.0129. The van der Waals surface area contributed by atoms with Gasteiger partial charge in [0.25, 0.3) is 0 Å². The van der Waals surface area contributed by atoms with Crippen LogP contribution < -0.4 is 0 Å². The van der Waals surface area contributed by atoms with Gasteiger partial charge in [-0.1, -0.05) is 30.3 Å². The summed E-state index contributed by atoms with van der Waals surface area (Å²) >= 11 is 0. The molecule has 5 atom stereocenters. The smallest absolute Gasteiger partial charge is 0.187 e. The molecule has 0 unspecified atom stereocenters. The van der Waals surface area contributed by atoms with Crippen molar-refractivity contribution in [3.05, 3.63) is 35.9 Å². The van der Waals surface area contributed by atoms with Crippen LogP contribution in [0.3, 0.4) is 0 Å². The SMILES string of the molecule is c1ccc(CO[C@@H]2[C@H]3O[C@H]3[C@@H]3OC[C@H]2O3)cc1. The summed E-state index contributed by atoms with van der Waals surface area (Å²) < 4.78 is 22.6. The topological polar surface area (TPSA) is 40.2 Å². The lowest BCUT2D eigenvalue weighted by Crippen LogP contribution is -2.41. The summed E-state index contributed by atoms with van der Waals surface area (Å²) in [6, 6.07) is 10.1. The average Bonchev–Trinajstić information content (AvgIpc) is 3.05. The number of benzene rings is 1. The highest BCUT2D eigenvalue weighted by atomic mass is 16.8. The van der Waals surface area contributed by atoms with E-state index in [0.717, 1.165) is 0 Å². The predicted molar refractivity (Wildman–Crippen MR) is 58.3 cm³/mol. The van der Waals surface area contributed by atoms with E-state index in [1.807, 2.05) is 18.2 Å². The summed E-state index contributed by atoms with van der Waals surface area (Å²) in [6.45, 7) is 1.23. The molecule has 1 aromatic carbocycles. The maximum Gasteiger partial charge on any atom is 0.187 e. The summed E-state index contributed by atoms with van der Waals surface area (Å²) in [6.07, 6.45) is 0.160. The number of hydrogen-bond donors (Lipinski definition) is 0. The van der Waals surface area contributed by atoms with E-state index < -0.39 is 0 Å². The molecule has 4 heteroatoms. The summed E-state index contributed by atoms with van der Waals surface area (Å²) in [5, 5.41) is 0. The first-order valence-electron chi connectivity index (χ1n) is 6.00. The van der Waals surface area contributed by atoms with Crippen molar-refractivity contribution < 1.29 is 18.9 Å². The summed E-state index contributed by atoms with van der Waals surface area (Å²) in [5.41, 5.74) is 1.17. The Kier molecular flexibility index (Phi) is 2.23. The Balaban J connectivity index is 1.43. The van der Waals surface area contributed by atoms with Gasteiger partial charge in [-0.05, 0) is 5.56 Å². The molecular formula is C13H14O4. The van der Waals surface area contributed by atoms with Gasteiger partial charge in [-0.3, -0.25) is 0 Å². The zero-order valence-corrected chi connectivity index (χ0v) is 9.32. The molecule has 0 aliphatic carbocycles. The largest absolute Gasteiger partial charge is 0.368 e. The Morgan fingerprint density at radius 1 is 1.12 bits per heavy atom. The van der Waals surface area contributed by atoms with E-state index in [9.17, 15) is 0 Å². The van der Waals surface area contributed by atoms with Crippen molar-refractivity contribution >= 4 is 0 Å². The van der Waals surface area contributed by atoms with Gasteiger partial charge in [0.15, 0.2) is 6.29 Å². The first kappa shape index (κ1) is 10.0. The zero-order valence-electron chi connectivity index (χ0n) is 9.32. The molecule has 3 aliphatic heterocycles. The molecule has 0 aromatic heterocycles. The van der Waals surface area contributed by atoms with Crippen LogP contribution in [0.1, 0.15) is 5.56 Å². The van der Waals surface area contributed by atoms with E-state index in [0.29, 0.717) is 13.2 Å². The van der Waals surface area contributed by atoms with Gasteiger partial charge in [0.1, 0.15) is 24.4 Å². The van der Waals surface area contributed by atoms with Gasteiger partial charge in [0, 0.05) is 0 Å². The van der Waals surface area contributed by atoms with Crippen LogP contribution in [-0.2, 0) is 25.6 Å². The molecule has 3 aliphatic rings. The van der Waals surface area contributed by atoms with Crippen molar-refractivity contribution in [1.29, 1.82) is 0 Å². The van der Waals surface area contributed by atoms with E-state index in [-0.39, 0.29) is 30.7 Å². The molecule has 4 nitrogen and oxygen atoms in total. The van der Waals surface area contributed by atoms with E-state index in [1.165, 1.54) is 5.56 Å². The Morgan fingerprint density at radius 2 is 2.00 bits per heavy atom. The van der Waals surface area contributed by atoms with Crippen LogP contribution in [0.5, 0.6) is 0 Å². The van der Waals surface area contributed by atoms with Crippen LogP contribution in [0.4, 0.5) is 0 Å². The lowest BCUT2D eigenvalue weighted by molar-refractivity contribution is -0.121. The molecule has 3 fully saturated rings. The van der Waals surface area contributed by atoms with Gasteiger partial charge < -0.3 is 18.9 Å². The first-order valence-corrected chi connectivity index (χ1v) is 6.00. The fraction of sp³-hybridized carbons (Fsp3) is 0.538. The molecule has 3 saturated heterocycles. The predicted octanol–water partition coefficient (Wildman–Crippen LogP) is 1.09. The maximum absolute atomic E-state index is 5.92. The molecule has 3 heterocycles. The minimum atomic E-state index is -0.151. The summed E-state index contributed by atoms with van der Waals surface area (Å²) in [4.78, 5) is 0. The Morgan fingerprint density at radius 3 is 2.88 bits per heavy atom. The number of ether oxygens (including phenoxy) is 4. The monoisotopic (exact) mass is 234 g/mol. The lowest BCUT2D eigenvalue weighted by atomic mass is 10.1. The van der Waals surface area contributed by atoms with Crippen LogP contribution in [0.15, 0.2) is 30.3 Å². The Bertz CT molecular complexity index is 407. The van der Waals surface area contributed by atoms with Gasteiger partial charge in [0.2, 0.25) is 0 Å². The van der Waals surface area contributed by atoms with Crippen molar-refractivity contribution in [1.82, 2.24) is 0 Å². The van der Waals surface area contributed by atoms with Gasteiger partial charge in [-0.15, -0.1) is 0 Å². The van der Waals surface area contributed by atoms with Crippen LogP contribution in [0.2, 0.25) is 0 Å². The number of fused-ring (bicyclic) bond motifs is 4. The second-order valence-corrected chi connectivity index (χ2v) is 4.70. The first-order chi connectivity index (χ1) is 8.42. The summed E-state index contributed by atoms with van der Waals surface area (Å²) in [7, 11) is 0. The van der Waals surface area contributed by atoms with Crippen molar-refractivity contribution in [2.75, 3.05) is 6.61 Å².